The van der Waals surface area contributed by atoms with Crippen molar-refractivity contribution in [3.05, 3.63) is 52.8 Å². The minimum atomic E-state index is -0.278. The first-order valence-electron chi connectivity index (χ1n) is 8.77. The van der Waals surface area contributed by atoms with Gasteiger partial charge < -0.3 is 29.5 Å². The van der Waals surface area contributed by atoms with Gasteiger partial charge in [-0.15, -0.1) is 0 Å². The van der Waals surface area contributed by atoms with E-state index in [0.717, 1.165) is 4.90 Å². The Morgan fingerprint density at radius 1 is 1.15 bits per heavy atom. The lowest BCUT2D eigenvalue weighted by atomic mass is 10.2. The zero-order valence-corrected chi connectivity index (χ0v) is 14.6. The molecule has 0 spiro atoms. The van der Waals surface area contributed by atoms with Gasteiger partial charge in [-0.2, -0.15) is 0 Å². The van der Waals surface area contributed by atoms with E-state index >= 15 is 0 Å². The maximum Gasteiger partial charge on any atom is 0.323 e. The van der Waals surface area contributed by atoms with E-state index < -0.39 is 0 Å². The Labute approximate surface area is 153 Å². The second-order valence-corrected chi connectivity index (χ2v) is 6.58. The zero-order chi connectivity index (χ0) is 18.8. The van der Waals surface area contributed by atoms with Crippen molar-refractivity contribution in [3.8, 4) is 0 Å². The predicted molar refractivity (Wildman–Crippen MR) is 97.7 cm³/mol. The number of nitrogens with zero attached hydrogens (tertiary/aromatic N) is 1. The van der Waals surface area contributed by atoms with Gasteiger partial charge in [0.2, 0.25) is 0 Å². The summed E-state index contributed by atoms with van der Waals surface area (Å²) in [6.07, 6.45) is 1.49. The topological polar surface area (TPSA) is 116 Å². The molecule has 3 heterocycles. The SMILES string of the molecule is O=C(C[NH+]1CCN(C(=O)c2ccco2)CC1)Nc1ccc2[nH]c(=O)[nH]c2c1. The lowest BCUT2D eigenvalue weighted by Gasteiger charge is -2.31. The summed E-state index contributed by atoms with van der Waals surface area (Å²) in [7, 11) is 0. The Morgan fingerprint density at radius 3 is 2.67 bits per heavy atom. The lowest BCUT2D eigenvalue weighted by molar-refractivity contribution is -0.895. The van der Waals surface area contributed by atoms with E-state index in [9.17, 15) is 14.4 Å². The van der Waals surface area contributed by atoms with Crippen molar-refractivity contribution in [3.63, 3.8) is 0 Å². The summed E-state index contributed by atoms with van der Waals surface area (Å²) in [5.41, 5.74) is 1.70. The summed E-state index contributed by atoms with van der Waals surface area (Å²) in [5.74, 6) is 0.125. The number of nitrogens with one attached hydrogen (secondary N) is 4. The molecule has 1 aromatic carbocycles. The monoisotopic (exact) mass is 370 g/mol. The molecule has 9 nitrogen and oxygen atoms in total. The molecule has 0 atom stereocenters. The summed E-state index contributed by atoms with van der Waals surface area (Å²) in [6.45, 7) is 2.88. The fourth-order valence-electron chi connectivity index (χ4n) is 3.30. The van der Waals surface area contributed by atoms with Crippen LogP contribution >= 0.6 is 0 Å². The maximum absolute atomic E-state index is 12.3. The Hall–Kier alpha value is -3.33. The molecule has 1 aliphatic rings. The number of benzene rings is 1. The van der Waals surface area contributed by atoms with Crippen molar-refractivity contribution in [2.75, 3.05) is 38.0 Å². The quantitative estimate of drug-likeness (QED) is 0.492. The van der Waals surface area contributed by atoms with E-state index in [0.29, 0.717) is 55.2 Å². The highest BCUT2D eigenvalue weighted by Gasteiger charge is 2.27. The molecule has 1 fully saturated rings. The van der Waals surface area contributed by atoms with Gasteiger partial charge in [0, 0.05) is 5.69 Å². The molecule has 1 saturated heterocycles. The Balaban J connectivity index is 1.30. The van der Waals surface area contributed by atoms with Crippen LogP contribution in [-0.2, 0) is 4.79 Å². The molecule has 0 unspecified atom stereocenters. The fraction of sp³-hybridized carbons (Fsp3) is 0.278. The van der Waals surface area contributed by atoms with Gasteiger partial charge in [0.05, 0.1) is 43.5 Å². The largest absolute Gasteiger partial charge is 0.459 e. The van der Waals surface area contributed by atoms with Gasteiger partial charge in [0.1, 0.15) is 0 Å². The van der Waals surface area contributed by atoms with E-state index in [-0.39, 0.29) is 17.5 Å². The van der Waals surface area contributed by atoms with Crippen molar-refractivity contribution in [2.24, 2.45) is 0 Å². The number of aromatic amines is 2. The maximum atomic E-state index is 12.3. The molecule has 4 rings (SSSR count). The molecular weight excluding hydrogens is 350 g/mol. The number of carbonyl (C=O) groups excluding carboxylic acids is 2. The van der Waals surface area contributed by atoms with E-state index in [1.165, 1.54) is 6.26 Å². The molecule has 9 heteroatoms. The average Bonchev–Trinajstić information content (AvgIpc) is 3.30. The van der Waals surface area contributed by atoms with Gasteiger partial charge in [-0.1, -0.05) is 0 Å². The molecule has 0 bridgehead atoms. The number of piperazine rings is 1. The van der Waals surface area contributed by atoms with Crippen LogP contribution in [0.3, 0.4) is 0 Å². The first-order chi connectivity index (χ1) is 13.1. The van der Waals surface area contributed by atoms with Gasteiger partial charge >= 0.3 is 5.69 Å². The van der Waals surface area contributed by atoms with Crippen molar-refractivity contribution in [1.29, 1.82) is 0 Å². The Bertz CT molecular complexity index is 1010. The van der Waals surface area contributed by atoms with Gasteiger partial charge in [0.25, 0.3) is 11.8 Å². The van der Waals surface area contributed by atoms with E-state index in [4.69, 9.17) is 4.42 Å². The number of amides is 2. The molecule has 2 amide bonds. The third kappa shape index (κ3) is 3.77. The molecule has 0 saturated carbocycles. The highest BCUT2D eigenvalue weighted by Crippen LogP contribution is 2.14. The smallest absolute Gasteiger partial charge is 0.323 e. The van der Waals surface area contributed by atoms with Crippen LogP contribution in [0.5, 0.6) is 0 Å². The van der Waals surface area contributed by atoms with E-state index in [1.807, 2.05) is 0 Å². The molecule has 2 aromatic heterocycles. The van der Waals surface area contributed by atoms with Crippen molar-refractivity contribution >= 4 is 28.5 Å². The predicted octanol–water partition coefficient (Wildman–Crippen LogP) is -0.571. The standard InChI is InChI=1S/C18H19N5O4/c24-16(19-12-3-4-13-14(10-12)21-18(26)20-13)11-22-5-7-23(8-6-22)17(25)15-2-1-9-27-15/h1-4,9-10H,5-8,11H2,(H,19,24)(H2,20,21,26)/p+1. The summed E-state index contributed by atoms with van der Waals surface area (Å²) in [4.78, 5) is 44.1. The number of hydrogen-bond acceptors (Lipinski definition) is 4. The molecule has 3 aromatic rings. The second kappa shape index (κ2) is 7.12. The summed E-state index contributed by atoms with van der Waals surface area (Å²) < 4.78 is 5.15. The van der Waals surface area contributed by atoms with Crippen LogP contribution in [0.25, 0.3) is 11.0 Å². The van der Waals surface area contributed by atoms with Gasteiger partial charge in [-0.3, -0.25) is 9.59 Å². The molecule has 0 radical (unpaired) electrons. The molecule has 1 aliphatic heterocycles. The van der Waals surface area contributed by atoms with Crippen LogP contribution < -0.4 is 15.9 Å². The molecule has 140 valence electrons. The van der Waals surface area contributed by atoms with Crippen LogP contribution in [0.4, 0.5) is 5.69 Å². The number of quaternary nitrogens is 1. The minimum Gasteiger partial charge on any atom is -0.459 e. The summed E-state index contributed by atoms with van der Waals surface area (Å²) in [5, 5.41) is 2.86. The van der Waals surface area contributed by atoms with Gasteiger partial charge in [-0.05, 0) is 30.3 Å². The fourth-order valence-corrected chi connectivity index (χ4v) is 3.30. The number of imidazole rings is 1. The highest BCUT2D eigenvalue weighted by atomic mass is 16.3. The summed E-state index contributed by atoms with van der Waals surface area (Å²) in [6, 6.07) is 8.57. The first-order valence-corrected chi connectivity index (χ1v) is 8.77. The second-order valence-electron chi connectivity index (χ2n) is 6.58. The summed E-state index contributed by atoms with van der Waals surface area (Å²) >= 11 is 0. The van der Waals surface area contributed by atoms with Crippen LogP contribution in [-0.4, -0.2) is 59.4 Å². The zero-order valence-electron chi connectivity index (χ0n) is 14.6. The third-order valence-corrected chi connectivity index (χ3v) is 4.70. The third-order valence-electron chi connectivity index (χ3n) is 4.70. The molecule has 27 heavy (non-hydrogen) atoms. The lowest BCUT2D eigenvalue weighted by Crippen LogP contribution is -3.15. The van der Waals surface area contributed by atoms with Crippen LogP contribution in [0.15, 0.2) is 45.8 Å². The van der Waals surface area contributed by atoms with Crippen LogP contribution in [0.1, 0.15) is 10.6 Å². The number of H-pyrrole nitrogens is 2. The van der Waals surface area contributed by atoms with Gasteiger partial charge in [-0.25, -0.2) is 4.79 Å². The van der Waals surface area contributed by atoms with Crippen molar-refractivity contribution in [1.82, 2.24) is 14.9 Å². The Kier molecular flexibility index (Phi) is 4.51. The van der Waals surface area contributed by atoms with Crippen LogP contribution in [0.2, 0.25) is 0 Å². The van der Waals surface area contributed by atoms with Crippen LogP contribution in [0, 0.1) is 0 Å². The molecule has 4 N–H and O–H groups in total. The average molecular weight is 370 g/mol. The van der Waals surface area contributed by atoms with Gasteiger partial charge in [0.15, 0.2) is 12.3 Å². The number of fused-ring (bicyclic) bond motifs is 1. The number of anilines is 1. The number of aromatic nitrogens is 2. The number of furan rings is 1. The van der Waals surface area contributed by atoms with E-state index in [1.54, 1.807) is 35.2 Å². The normalized spacial score (nSPS) is 15.2. The van der Waals surface area contributed by atoms with E-state index in [2.05, 4.69) is 15.3 Å². The molecule has 0 aliphatic carbocycles. The highest BCUT2D eigenvalue weighted by molar-refractivity contribution is 5.93. The number of hydrogen-bond donors (Lipinski definition) is 4. The van der Waals surface area contributed by atoms with Crippen molar-refractivity contribution < 1.29 is 18.9 Å². The Morgan fingerprint density at radius 2 is 1.93 bits per heavy atom. The van der Waals surface area contributed by atoms with Crippen molar-refractivity contribution in [2.45, 2.75) is 0 Å². The number of rotatable bonds is 4. The first kappa shape index (κ1) is 17.1. The number of carbonyl (C=O) groups is 2. The molecular formula is C18H20N5O4+. The minimum absolute atomic E-state index is 0.104.